The minimum atomic E-state index is -0.384. The fraction of sp³-hybridized carbons (Fsp3) is 0. The molecule has 0 saturated heterocycles. The summed E-state index contributed by atoms with van der Waals surface area (Å²) in [4.78, 5) is 11.8. The summed E-state index contributed by atoms with van der Waals surface area (Å²) in [7, 11) is 0. The highest BCUT2D eigenvalue weighted by Crippen LogP contribution is 2.39. The Bertz CT molecular complexity index is 600. The molecule has 0 bridgehead atoms. The normalized spacial score (nSPS) is 10.4. The summed E-state index contributed by atoms with van der Waals surface area (Å²) in [5.74, 6) is -0.180. The summed E-state index contributed by atoms with van der Waals surface area (Å²) < 4.78 is 6.14. The predicted molar refractivity (Wildman–Crippen MR) is 77.9 cm³/mol. The van der Waals surface area contributed by atoms with Crippen LogP contribution in [0.15, 0.2) is 37.8 Å². The van der Waals surface area contributed by atoms with E-state index in [1.807, 2.05) is 0 Å². The fourth-order valence-electron chi connectivity index (χ4n) is 1.29. The number of nitrogen functional groups attached to an aromatic ring is 1. The van der Waals surface area contributed by atoms with Crippen LogP contribution in [0, 0.1) is 0 Å². The number of rotatable bonds is 2. The lowest BCUT2D eigenvalue weighted by Gasteiger charge is -2.10. The lowest BCUT2D eigenvalue weighted by atomic mass is 10.2. The van der Waals surface area contributed by atoms with Crippen molar-refractivity contribution in [2.45, 2.75) is 0 Å². The predicted octanol–water partition coefficient (Wildman–Crippen LogP) is 4.29. The van der Waals surface area contributed by atoms with Crippen LogP contribution in [-0.2, 0) is 0 Å². The summed E-state index contributed by atoms with van der Waals surface area (Å²) in [6, 6.07) is 4.82. The van der Waals surface area contributed by atoms with Crippen molar-refractivity contribution in [1.29, 1.82) is 0 Å². The number of carbonyl (C=O) groups excluding carboxylic acids is 1. The van der Waals surface area contributed by atoms with Crippen molar-refractivity contribution in [3.8, 4) is 0 Å². The lowest BCUT2D eigenvalue weighted by molar-refractivity contribution is 0.0996. The van der Waals surface area contributed by atoms with Gasteiger partial charge in [-0.2, -0.15) is 0 Å². The zero-order valence-corrected chi connectivity index (χ0v) is 12.8. The lowest BCUT2D eigenvalue weighted by Crippen LogP contribution is -2.11. The highest BCUT2D eigenvalue weighted by atomic mass is 79.9. The van der Waals surface area contributed by atoms with Crippen molar-refractivity contribution in [2.24, 2.45) is 0 Å². The molecule has 7 heteroatoms. The molecule has 0 spiro atoms. The summed E-state index contributed by atoms with van der Waals surface area (Å²) in [5.41, 5.74) is 6.67. The van der Waals surface area contributed by atoms with Crippen molar-refractivity contribution in [1.82, 2.24) is 0 Å². The molecule has 18 heavy (non-hydrogen) atoms. The van der Waals surface area contributed by atoms with Gasteiger partial charge >= 0.3 is 0 Å². The number of hydrogen-bond donors (Lipinski definition) is 2. The molecule has 2 aromatic rings. The largest absolute Gasteiger partial charge is 0.459 e. The minimum absolute atomic E-state index is 0.204. The molecule has 1 aromatic carbocycles. The van der Waals surface area contributed by atoms with Gasteiger partial charge in [-0.1, -0.05) is 11.6 Å². The topological polar surface area (TPSA) is 68.3 Å². The first-order chi connectivity index (χ1) is 8.50. The minimum Gasteiger partial charge on any atom is -0.459 e. The van der Waals surface area contributed by atoms with Crippen LogP contribution in [0.4, 0.5) is 11.4 Å². The third-order valence-electron chi connectivity index (χ3n) is 2.19. The van der Waals surface area contributed by atoms with E-state index in [9.17, 15) is 4.79 Å². The molecule has 1 aromatic heterocycles. The van der Waals surface area contributed by atoms with Gasteiger partial charge in [-0.05, 0) is 50.1 Å². The van der Waals surface area contributed by atoms with Crippen LogP contribution < -0.4 is 11.1 Å². The van der Waals surface area contributed by atoms with E-state index in [4.69, 9.17) is 21.8 Å². The molecule has 3 N–H and O–H groups in total. The van der Waals surface area contributed by atoms with Gasteiger partial charge in [0.25, 0.3) is 5.91 Å². The zero-order chi connectivity index (χ0) is 13.3. The van der Waals surface area contributed by atoms with E-state index in [2.05, 4.69) is 37.2 Å². The Hall–Kier alpha value is -0.980. The molecule has 0 aliphatic carbocycles. The van der Waals surface area contributed by atoms with Gasteiger partial charge in [0.15, 0.2) is 5.76 Å². The highest BCUT2D eigenvalue weighted by molar-refractivity contribution is 9.11. The van der Waals surface area contributed by atoms with E-state index in [1.54, 1.807) is 18.2 Å². The molecule has 1 heterocycles. The molecular formula is C11H7Br2ClN2O2. The molecule has 0 radical (unpaired) electrons. The molecule has 0 saturated carbocycles. The van der Waals surface area contributed by atoms with Crippen molar-refractivity contribution < 1.29 is 9.21 Å². The first kappa shape index (κ1) is 13.5. The third kappa shape index (κ3) is 2.55. The molecule has 1 amide bonds. The summed E-state index contributed by atoms with van der Waals surface area (Å²) in [5, 5.41) is 2.97. The number of furan rings is 1. The Morgan fingerprint density at radius 1 is 1.44 bits per heavy atom. The number of carbonyl (C=O) groups is 1. The number of nitrogens with two attached hydrogens (primary N) is 1. The van der Waals surface area contributed by atoms with Gasteiger partial charge in [-0.3, -0.25) is 4.79 Å². The van der Waals surface area contributed by atoms with Crippen molar-refractivity contribution >= 4 is 60.7 Å². The summed E-state index contributed by atoms with van der Waals surface area (Å²) >= 11 is 12.6. The average molecular weight is 394 g/mol. The second-order valence-electron chi connectivity index (χ2n) is 3.38. The Morgan fingerprint density at radius 3 is 2.78 bits per heavy atom. The van der Waals surface area contributed by atoms with Crippen molar-refractivity contribution in [3.05, 3.63) is 44.2 Å². The monoisotopic (exact) mass is 392 g/mol. The molecule has 0 aliphatic rings. The van der Waals surface area contributed by atoms with E-state index >= 15 is 0 Å². The zero-order valence-electron chi connectivity index (χ0n) is 8.84. The maximum Gasteiger partial charge on any atom is 0.291 e. The first-order valence-electron chi connectivity index (χ1n) is 4.78. The Labute approximate surface area is 125 Å². The summed E-state index contributed by atoms with van der Waals surface area (Å²) in [6.45, 7) is 0. The van der Waals surface area contributed by atoms with Crippen LogP contribution in [0.1, 0.15) is 10.6 Å². The van der Waals surface area contributed by atoms with Gasteiger partial charge in [-0.25, -0.2) is 0 Å². The van der Waals surface area contributed by atoms with E-state index in [1.165, 1.54) is 6.26 Å². The van der Waals surface area contributed by atoms with E-state index in [-0.39, 0.29) is 11.7 Å². The van der Waals surface area contributed by atoms with Gasteiger partial charge < -0.3 is 15.5 Å². The number of benzene rings is 1. The molecule has 0 unspecified atom stereocenters. The number of halogens is 3. The van der Waals surface area contributed by atoms with Crippen LogP contribution in [0.25, 0.3) is 0 Å². The van der Waals surface area contributed by atoms with Gasteiger partial charge in [-0.15, -0.1) is 0 Å². The average Bonchev–Trinajstić information content (AvgIpc) is 2.87. The third-order valence-corrected chi connectivity index (χ3v) is 4.29. The molecular weight excluding hydrogens is 387 g/mol. The molecule has 94 valence electrons. The smallest absolute Gasteiger partial charge is 0.291 e. The molecule has 0 fully saturated rings. The maximum atomic E-state index is 11.8. The van der Waals surface area contributed by atoms with E-state index < -0.39 is 0 Å². The number of anilines is 2. The van der Waals surface area contributed by atoms with Crippen molar-refractivity contribution in [3.63, 3.8) is 0 Å². The summed E-state index contributed by atoms with van der Waals surface area (Å²) in [6.07, 6.45) is 1.42. The van der Waals surface area contributed by atoms with Gasteiger partial charge in [0.2, 0.25) is 0 Å². The van der Waals surface area contributed by atoms with Crippen LogP contribution >= 0.6 is 43.5 Å². The maximum absolute atomic E-state index is 11.8. The quantitative estimate of drug-likeness (QED) is 0.590. The van der Waals surface area contributed by atoms with Gasteiger partial charge in [0, 0.05) is 4.47 Å². The molecule has 2 rings (SSSR count). The Morgan fingerprint density at radius 2 is 2.17 bits per heavy atom. The van der Waals surface area contributed by atoms with Crippen LogP contribution in [0.5, 0.6) is 0 Å². The first-order valence-corrected chi connectivity index (χ1v) is 6.75. The Kier molecular flexibility index (Phi) is 3.99. The molecule has 4 nitrogen and oxygen atoms in total. The fourth-order valence-corrected chi connectivity index (χ4v) is 2.62. The Balaban J connectivity index is 2.33. The van der Waals surface area contributed by atoms with Gasteiger partial charge in [0.1, 0.15) is 0 Å². The molecule has 0 atom stereocenters. The van der Waals surface area contributed by atoms with Gasteiger partial charge in [0.05, 0.1) is 27.1 Å². The second-order valence-corrected chi connectivity index (χ2v) is 5.40. The standard InChI is InChI=1S/C11H7Br2ClN2O2/c12-5-4-6(9(14)8(13)10(5)15)16-11(17)7-2-1-3-18-7/h1-4H,15H2,(H,16,17). The SMILES string of the molecule is Nc1c(Br)cc(NC(=O)c2ccco2)c(Cl)c1Br. The van der Waals surface area contributed by atoms with E-state index in [0.717, 1.165) is 0 Å². The number of nitrogens with one attached hydrogen (secondary N) is 1. The van der Waals surface area contributed by atoms with E-state index in [0.29, 0.717) is 25.3 Å². The highest BCUT2D eigenvalue weighted by Gasteiger charge is 2.15. The van der Waals surface area contributed by atoms with Crippen molar-refractivity contribution in [2.75, 3.05) is 11.1 Å². The van der Waals surface area contributed by atoms with Crippen LogP contribution in [0.2, 0.25) is 5.02 Å². The number of amides is 1. The molecule has 0 aliphatic heterocycles. The number of hydrogen-bond acceptors (Lipinski definition) is 3. The second kappa shape index (κ2) is 5.34. The van der Waals surface area contributed by atoms with Crippen LogP contribution in [0.3, 0.4) is 0 Å². The van der Waals surface area contributed by atoms with Crippen LogP contribution in [-0.4, -0.2) is 5.91 Å².